The summed E-state index contributed by atoms with van der Waals surface area (Å²) in [6.07, 6.45) is 2.85. The molecule has 2 aromatic carbocycles. The van der Waals surface area contributed by atoms with Crippen LogP contribution in [0.1, 0.15) is 48.2 Å². The number of nitro benzene ring substituents is 1. The summed E-state index contributed by atoms with van der Waals surface area (Å²) in [6, 6.07) is 10.9. The lowest BCUT2D eigenvalue weighted by Gasteiger charge is -2.07. The van der Waals surface area contributed by atoms with Crippen molar-refractivity contribution in [3.05, 3.63) is 75.3 Å². The highest BCUT2D eigenvalue weighted by Crippen LogP contribution is 2.27. The van der Waals surface area contributed by atoms with Gasteiger partial charge in [0.05, 0.1) is 10.7 Å². The van der Waals surface area contributed by atoms with Crippen LogP contribution >= 0.6 is 0 Å². The average Bonchev–Trinajstić information content (AvgIpc) is 2.66. The van der Waals surface area contributed by atoms with Crippen molar-refractivity contribution in [2.45, 2.75) is 26.7 Å². The summed E-state index contributed by atoms with van der Waals surface area (Å²) in [5.41, 5.74) is 1.97. The van der Waals surface area contributed by atoms with Crippen molar-refractivity contribution in [1.29, 1.82) is 0 Å². The largest absolute Gasteiger partial charge is 0.289 e. The molecule has 0 spiro atoms. The SMILES string of the molecule is CCS(=O)(=O)Nc1ccc(C(=O)C=Cc2ccc(C(C)C)c([N+](=O)[O-])c2)cc1. The highest BCUT2D eigenvalue weighted by molar-refractivity contribution is 7.92. The molecule has 28 heavy (non-hydrogen) atoms. The minimum absolute atomic E-state index is 0.0173. The van der Waals surface area contributed by atoms with Crippen LogP contribution in [0.4, 0.5) is 11.4 Å². The van der Waals surface area contributed by atoms with Gasteiger partial charge in [-0.3, -0.25) is 19.6 Å². The predicted molar refractivity (Wildman–Crippen MR) is 110 cm³/mol. The Morgan fingerprint density at radius 2 is 1.82 bits per heavy atom. The van der Waals surface area contributed by atoms with Crippen molar-refractivity contribution < 1.29 is 18.1 Å². The Kier molecular flexibility index (Phi) is 6.69. The Balaban J connectivity index is 2.17. The summed E-state index contributed by atoms with van der Waals surface area (Å²) in [5, 5.41) is 11.3. The molecule has 0 aromatic heterocycles. The summed E-state index contributed by atoms with van der Waals surface area (Å²) in [6.45, 7) is 5.29. The van der Waals surface area contributed by atoms with Gasteiger partial charge in [-0.1, -0.05) is 32.1 Å². The zero-order chi connectivity index (χ0) is 20.9. The summed E-state index contributed by atoms with van der Waals surface area (Å²) < 4.78 is 25.5. The molecule has 0 saturated carbocycles. The van der Waals surface area contributed by atoms with E-state index in [1.54, 1.807) is 12.1 Å². The molecule has 2 rings (SSSR count). The molecular formula is C20H22N2O5S. The van der Waals surface area contributed by atoms with Gasteiger partial charge in [0.2, 0.25) is 10.0 Å². The van der Waals surface area contributed by atoms with Crippen molar-refractivity contribution in [2.75, 3.05) is 10.5 Å². The van der Waals surface area contributed by atoms with Crippen LogP contribution in [0.2, 0.25) is 0 Å². The van der Waals surface area contributed by atoms with Gasteiger partial charge in [0.1, 0.15) is 0 Å². The maximum atomic E-state index is 12.3. The number of benzene rings is 2. The van der Waals surface area contributed by atoms with Gasteiger partial charge in [0.25, 0.3) is 5.69 Å². The van der Waals surface area contributed by atoms with Gasteiger partial charge in [0, 0.05) is 22.9 Å². The zero-order valence-electron chi connectivity index (χ0n) is 15.9. The molecule has 0 atom stereocenters. The topological polar surface area (TPSA) is 106 Å². The fraction of sp³-hybridized carbons (Fsp3) is 0.250. The molecule has 1 N–H and O–H groups in total. The van der Waals surface area contributed by atoms with E-state index in [0.717, 1.165) is 0 Å². The van der Waals surface area contributed by atoms with Crippen LogP contribution in [-0.4, -0.2) is 24.9 Å². The maximum Gasteiger partial charge on any atom is 0.273 e. The Bertz CT molecular complexity index is 1010. The number of nitro groups is 1. The van der Waals surface area contributed by atoms with Crippen molar-refractivity contribution in [3.63, 3.8) is 0 Å². The molecule has 0 aliphatic rings. The average molecular weight is 402 g/mol. The number of nitrogens with one attached hydrogen (secondary N) is 1. The van der Waals surface area contributed by atoms with E-state index in [2.05, 4.69) is 4.72 Å². The monoisotopic (exact) mass is 402 g/mol. The Hall–Kier alpha value is -3.00. The summed E-state index contributed by atoms with van der Waals surface area (Å²) in [5.74, 6) is -0.317. The molecule has 148 valence electrons. The lowest BCUT2D eigenvalue weighted by atomic mass is 9.99. The van der Waals surface area contributed by atoms with Gasteiger partial charge in [-0.15, -0.1) is 0 Å². The fourth-order valence-corrected chi connectivity index (χ4v) is 3.17. The molecule has 7 nitrogen and oxygen atoms in total. The standard InChI is InChI=1S/C20H22N2O5S/c1-4-28(26,27)21-17-9-7-16(8-10-17)20(23)12-6-15-5-11-18(14(2)3)19(13-15)22(24)25/h5-14,21H,4H2,1-3H3. The summed E-state index contributed by atoms with van der Waals surface area (Å²) in [7, 11) is -3.38. The third kappa shape index (κ3) is 5.50. The van der Waals surface area contributed by atoms with Crippen molar-refractivity contribution >= 4 is 33.3 Å². The zero-order valence-corrected chi connectivity index (χ0v) is 16.7. The van der Waals surface area contributed by atoms with E-state index in [-0.39, 0.29) is 23.1 Å². The number of carbonyl (C=O) groups is 1. The number of ketones is 1. The highest BCUT2D eigenvalue weighted by Gasteiger charge is 2.16. The van der Waals surface area contributed by atoms with E-state index in [9.17, 15) is 23.3 Å². The fourth-order valence-electron chi connectivity index (χ4n) is 2.53. The molecule has 0 amide bonds. The van der Waals surface area contributed by atoms with Crippen LogP contribution in [0.25, 0.3) is 6.08 Å². The van der Waals surface area contributed by atoms with Crippen LogP contribution in [0.3, 0.4) is 0 Å². The summed E-state index contributed by atoms with van der Waals surface area (Å²) >= 11 is 0. The quantitative estimate of drug-likeness (QED) is 0.305. The first kappa shape index (κ1) is 21.3. The smallest absolute Gasteiger partial charge is 0.273 e. The number of sulfonamides is 1. The maximum absolute atomic E-state index is 12.3. The van der Waals surface area contributed by atoms with Gasteiger partial charge in [-0.2, -0.15) is 0 Å². The number of rotatable bonds is 8. The third-order valence-electron chi connectivity index (χ3n) is 4.12. The minimum atomic E-state index is -3.38. The molecule has 2 aromatic rings. The normalized spacial score (nSPS) is 11.7. The molecular weight excluding hydrogens is 380 g/mol. The van der Waals surface area contributed by atoms with E-state index in [0.29, 0.717) is 22.4 Å². The molecule has 0 bridgehead atoms. The minimum Gasteiger partial charge on any atom is -0.289 e. The summed E-state index contributed by atoms with van der Waals surface area (Å²) in [4.78, 5) is 23.1. The van der Waals surface area contributed by atoms with Crippen molar-refractivity contribution in [1.82, 2.24) is 0 Å². The number of allylic oxidation sites excluding steroid dienone is 1. The van der Waals surface area contributed by atoms with Gasteiger partial charge < -0.3 is 0 Å². The van der Waals surface area contributed by atoms with E-state index < -0.39 is 14.9 Å². The Labute approximate surface area is 164 Å². The van der Waals surface area contributed by atoms with Crippen LogP contribution < -0.4 is 4.72 Å². The Morgan fingerprint density at radius 1 is 1.18 bits per heavy atom. The molecule has 8 heteroatoms. The van der Waals surface area contributed by atoms with Crippen LogP contribution in [0.15, 0.2) is 48.5 Å². The molecule has 0 heterocycles. The van der Waals surface area contributed by atoms with Crippen LogP contribution in [0.5, 0.6) is 0 Å². The van der Waals surface area contributed by atoms with Crippen molar-refractivity contribution in [3.8, 4) is 0 Å². The number of carbonyl (C=O) groups excluding carboxylic acids is 1. The molecule has 0 unspecified atom stereocenters. The lowest BCUT2D eigenvalue weighted by Crippen LogP contribution is -2.14. The van der Waals surface area contributed by atoms with E-state index in [1.807, 2.05) is 13.8 Å². The second-order valence-electron chi connectivity index (χ2n) is 6.51. The van der Waals surface area contributed by atoms with Gasteiger partial charge >= 0.3 is 0 Å². The second kappa shape index (κ2) is 8.79. The number of anilines is 1. The predicted octanol–water partition coefficient (Wildman–Crippen LogP) is 4.38. The first-order valence-corrected chi connectivity index (χ1v) is 10.4. The van der Waals surface area contributed by atoms with Gasteiger partial charge in [-0.05, 0) is 48.7 Å². The number of nitrogens with zero attached hydrogens (tertiary/aromatic N) is 1. The first-order chi connectivity index (χ1) is 13.1. The van der Waals surface area contributed by atoms with E-state index in [1.165, 1.54) is 49.4 Å². The highest BCUT2D eigenvalue weighted by atomic mass is 32.2. The van der Waals surface area contributed by atoms with Gasteiger partial charge in [0.15, 0.2) is 5.78 Å². The van der Waals surface area contributed by atoms with E-state index in [4.69, 9.17) is 0 Å². The molecule has 0 saturated heterocycles. The lowest BCUT2D eigenvalue weighted by molar-refractivity contribution is -0.385. The molecule has 0 fully saturated rings. The first-order valence-electron chi connectivity index (χ1n) is 8.74. The molecule has 0 aliphatic carbocycles. The van der Waals surface area contributed by atoms with Crippen LogP contribution in [0, 0.1) is 10.1 Å². The van der Waals surface area contributed by atoms with Gasteiger partial charge in [-0.25, -0.2) is 8.42 Å². The Morgan fingerprint density at radius 3 is 2.36 bits per heavy atom. The van der Waals surface area contributed by atoms with Crippen molar-refractivity contribution in [2.24, 2.45) is 0 Å². The molecule has 0 radical (unpaired) electrons. The number of hydrogen-bond acceptors (Lipinski definition) is 5. The third-order valence-corrected chi connectivity index (χ3v) is 5.43. The van der Waals surface area contributed by atoms with E-state index >= 15 is 0 Å². The molecule has 0 aliphatic heterocycles. The second-order valence-corrected chi connectivity index (χ2v) is 8.52. The number of hydrogen-bond donors (Lipinski definition) is 1. The van der Waals surface area contributed by atoms with Crippen LogP contribution in [-0.2, 0) is 10.0 Å².